The number of hydrogen-bond donors (Lipinski definition) is 1. The van der Waals surface area contributed by atoms with Crippen LogP contribution in [0, 0.1) is 38.5 Å². The Morgan fingerprint density at radius 2 is 1.64 bits per heavy atom. The van der Waals surface area contributed by atoms with Crippen LogP contribution in [0.1, 0.15) is 49.3 Å². The number of pyridine rings is 1. The van der Waals surface area contributed by atoms with E-state index in [0.717, 1.165) is 42.4 Å². The van der Waals surface area contributed by atoms with E-state index in [1.54, 1.807) is 49.8 Å². The summed E-state index contributed by atoms with van der Waals surface area (Å²) in [4.78, 5) is 26.8. The third-order valence-electron chi connectivity index (χ3n) is 8.53. The van der Waals surface area contributed by atoms with Gasteiger partial charge in [0.1, 0.15) is 11.6 Å². The number of ketones is 1. The lowest BCUT2D eigenvalue weighted by Gasteiger charge is -2.48. The van der Waals surface area contributed by atoms with Crippen LogP contribution in [0.3, 0.4) is 0 Å². The number of aryl methyl sites for hydroxylation is 3. The molecule has 1 unspecified atom stereocenters. The van der Waals surface area contributed by atoms with Crippen molar-refractivity contribution >= 4 is 32.7 Å². The maximum absolute atomic E-state index is 13.7. The molecule has 3 heterocycles. The molecule has 3 aliphatic rings. The van der Waals surface area contributed by atoms with Crippen molar-refractivity contribution in [2.45, 2.75) is 64.3 Å². The van der Waals surface area contributed by atoms with Crippen molar-refractivity contribution in [2.24, 2.45) is 17.8 Å². The van der Waals surface area contributed by atoms with Crippen LogP contribution in [0.2, 0.25) is 0 Å². The van der Waals surface area contributed by atoms with Crippen LogP contribution in [-0.4, -0.2) is 39.2 Å². The quantitative estimate of drug-likeness (QED) is 0.344. The average molecular weight is 544 g/mol. The highest BCUT2D eigenvalue weighted by Crippen LogP contribution is 2.46. The molecule has 3 fully saturated rings. The number of hydrogen-bond acceptors (Lipinski definition) is 7. The third kappa shape index (κ3) is 4.42. The summed E-state index contributed by atoms with van der Waals surface area (Å²) in [6.07, 6.45) is 9.47. The first-order valence-corrected chi connectivity index (χ1v) is 15.0. The summed E-state index contributed by atoms with van der Waals surface area (Å²) in [7, 11) is -3.90. The summed E-state index contributed by atoms with van der Waals surface area (Å²) >= 11 is 0. The molecule has 3 aliphatic carbocycles. The first kappa shape index (κ1) is 25.7. The van der Waals surface area contributed by atoms with E-state index >= 15 is 0 Å². The Kier molecular flexibility index (Phi) is 6.29. The van der Waals surface area contributed by atoms with Gasteiger partial charge in [0.15, 0.2) is 11.5 Å². The van der Waals surface area contributed by atoms with E-state index in [9.17, 15) is 13.2 Å². The zero-order chi connectivity index (χ0) is 27.5. The molecule has 8 nitrogen and oxygen atoms in total. The molecule has 3 saturated carbocycles. The van der Waals surface area contributed by atoms with Gasteiger partial charge in [-0.05, 0) is 89.0 Å². The number of fused-ring (bicyclic) bond motifs is 4. The Labute approximate surface area is 229 Å². The fourth-order valence-electron chi connectivity index (χ4n) is 6.49. The summed E-state index contributed by atoms with van der Waals surface area (Å²) in [5.41, 5.74) is 3.69. The molecule has 0 aliphatic heterocycles. The van der Waals surface area contributed by atoms with Gasteiger partial charge in [0.05, 0.1) is 4.90 Å². The van der Waals surface area contributed by atoms with Crippen LogP contribution in [0.15, 0.2) is 53.8 Å². The number of Topliss-reactive ketones (excluding diaryl/α,β-unsaturated/α-hetero) is 1. The van der Waals surface area contributed by atoms with Gasteiger partial charge < -0.3 is 5.32 Å². The number of carbonyl (C=O) groups excluding carboxylic acids is 1. The van der Waals surface area contributed by atoms with Gasteiger partial charge in [-0.25, -0.2) is 27.3 Å². The van der Waals surface area contributed by atoms with Gasteiger partial charge in [-0.1, -0.05) is 17.7 Å². The summed E-state index contributed by atoms with van der Waals surface area (Å²) in [5.74, 6) is 2.19. The van der Waals surface area contributed by atoms with Crippen molar-refractivity contribution in [1.82, 2.24) is 18.9 Å². The van der Waals surface area contributed by atoms with Crippen LogP contribution in [0.25, 0.3) is 22.4 Å². The summed E-state index contributed by atoms with van der Waals surface area (Å²) < 4.78 is 28.6. The molecule has 2 atom stereocenters. The number of carbonyl (C=O) groups is 1. The van der Waals surface area contributed by atoms with Gasteiger partial charge in [-0.3, -0.25) is 4.79 Å². The van der Waals surface area contributed by atoms with Crippen LogP contribution >= 0.6 is 0 Å². The van der Waals surface area contributed by atoms with Crippen molar-refractivity contribution in [3.63, 3.8) is 0 Å². The van der Waals surface area contributed by atoms with E-state index in [-0.39, 0.29) is 22.6 Å². The van der Waals surface area contributed by atoms with Crippen LogP contribution in [0.5, 0.6) is 0 Å². The van der Waals surface area contributed by atoms with Crippen molar-refractivity contribution in [1.29, 1.82) is 0 Å². The van der Waals surface area contributed by atoms with E-state index in [4.69, 9.17) is 4.98 Å². The monoisotopic (exact) mass is 543 g/mol. The van der Waals surface area contributed by atoms with E-state index in [0.29, 0.717) is 40.1 Å². The molecule has 9 heteroatoms. The average Bonchev–Trinajstić information content (AvgIpc) is 3.30. The fourth-order valence-corrected chi connectivity index (χ4v) is 7.81. The topological polar surface area (TPSA) is 107 Å². The second-order valence-electron chi connectivity index (χ2n) is 11.2. The molecular weight excluding hydrogens is 510 g/mol. The molecule has 1 aromatic carbocycles. The minimum Gasteiger partial charge on any atom is -0.366 e. The van der Waals surface area contributed by atoms with Crippen molar-refractivity contribution in [3.05, 3.63) is 65.6 Å². The van der Waals surface area contributed by atoms with Gasteiger partial charge in [0, 0.05) is 47.1 Å². The molecule has 0 spiro atoms. The summed E-state index contributed by atoms with van der Waals surface area (Å²) in [5, 5.41) is 4.30. The van der Waals surface area contributed by atoms with E-state index in [1.807, 2.05) is 26.8 Å². The molecule has 3 aromatic heterocycles. The normalized spacial score (nSPS) is 22.8. The maximum Gasteiger partial charge on any atom is 0.269 e. The molecule has 4 aromatic rings. The van der Waals surface area contributed by atoms with E-state index in [1.165, 1.54) is 3.97 Å². The number of nitrogens with zero attached hydrogens (tertiary/aromatic N) is 4. The minimum atomic E-state index is -3.90. The predicted octanol–water partition coefficient (Wildman–Crippen LogP) is 5.46. The minimum absolute atomic E-state index is 0.0104. The molecule has 202 valence electrons. The fraction of sp³-hybridized carbons (Fsp3) is 0.400. The molecular formula is C30H33N5O3S. The number of benzene rings is 1. The highest BCUT2D eigenvalue weighted by atomic mass is 32.2. The Hall–Kier alpha value is -3.59. The molecule has 0 saturated heterocycles. The zero-order valence-corrected chi connectivity index (χ0v) is 23.5. The van der Waals surface area contributed by atoms with Gasteiger partial charge in [0.2, 0.25) is 0 Å². The molecule has 0 radical (unpaired) electrons. The highest BCUT2D eigenvalue weighted by Gasteiger charge is 2.46. The van der Waals surface area contributed by atoms with Gasteiger partial charge in [0.25, 0.3) is 10.0 Å². The van der Waals surface area contributed by atoms with E-state index < -0.39 is 10.0 Å². The first-order valence-electron chi connectivity index (χ1n) is 13.5. The van der Waals surface area contributed by atoms with Gasteiger partial charge in [-0.15, -0.1) is 0 Å². The lowest BCUT2D eigenvalue weighted by atomic mass is 9.60. The Balaban J connectivity index is 1.44. The Bertz CT molecular complexity index is 1690. The van der Waals surface area contributed by atoms with Gasteiger partial charge in [-0.2, -0.15) is 0 Å². The summed E-state index contributed by atoms with van der Waals surface area (Å²) in [6.45, 7) is 7.50. The Morgan fingerprint density at radius 3 is 2.33 bits per heavy atom. The second kappa shape index (κ2) is 9.55. The van der Waals surface area contributed by atoms with Crippen molar-refractivity contribution in [2.75, 3.05) is 5.32 Å². The SMILES string of the molecule is CC(=O)[C@@H]1C(Nc2nc(-c3cn(S(=O)(=O)c4ccc(C)cc4)c4ncc(C)cc34)ncc2C)[C@H]2CC[C@@H]1CC2. The number of anilines is 1. The highest BCUT2D eigenvalue weighted by molar-refractivity contribution is 7.90. The Morgan fingerprint density at radius 1 is 0.949 bits per heavy atom. The number of aromatic nitrogens is 4. The van der Waals surface area contributed by atoms with E-state index in [2.05, 4.69) is 15.3 Å². The van der Waals surface area contributed by atoms with Crippen LogP contribution < -0.4 is 5.32 Å². The number of nitrogens with one attached hydrogen (secondary N) is 1. The third-order valence-corrected chi connectivity index (χ3v) is 10.2. The second-order valence-corrected chi connectivity index (χ2v) is 13.1. The smallest absolute Gasteiger partial charge is 0.269 e. The predicted molar refractivity (Wildman–Crippen MR) is 151 cm³/mol. The standard InChI is InChI=1S/C30H33N5O3S/c1-17-5-11-23(12-6-17)39(37,38)35-16-25(24-13-18(2)14-32-30(24)35)29-31-15-19(3)28(34-29)33-27-22-9-7-21(8-10-22)26(27)20(4)36/h5-6,11-16,21-22,26-27H,7-10H2,1-4H3,(H,31,33,34)/t21-,22+,26-,27?/m0/s1. The first-order chi connectivity index (χ1) is 18.6. The van der Waals surface area contributed by atoms with Crippen LogP contribution in [-0.2, 0) is 14.8 Å². The molecule has 7 rings (SSSR count). The largest absolute Gasteiger partial charge is 0.366 e. The van der Waals surface area contributed by atoms with Crippen molar-refractivity contribution in [3.8, 4) is 11.4 Å². The maximum atomic E-state index is 13.7. The van der Waals surface area contributed by atoms with Crippen LogP contribution in [0.4, 0.5) is 5.82 Å². The summed E-state index contributed by atoms with van der Waals surface area (Å²) in [6, 6.07) is 8.75. The zero-order valence-electron chi connectivity index (χ0n) is 22.7. The number of rotatable bonds is 6. The molecule has 39 heavy (non-hydrogen) atoms. The lowest BCUT2D eigenvalue weighted by Crippen LogP contribution is -2.51. The molecule has 0 amide bonds. The lowest BCUT2D eigenvalue weighted by molar-refractivity contribution is -0.126. The molecule has 2 bridgehead atoms. The molecule has 1 N–H and O–H groups in total. The van der Waals surface area contributed by atoms with Gasteiger partial charge >= 0.3 is 0 Å². The van der Waals surface area contributed by atoms with Crippen molar-refractivity contribution < 1.29 is 13.2 Å².